The summed E-state index contributed by atoms with van der Waals surface area (Å²) >= 11 is 0. The normalized spacial score (nSPS) is 10.0. The molecule has 0 fully saturated rings. The molecule has 0 saturated heterocycles. The van der Waals surface area contributed by atoms with Crippen LogP contribution in [0.4, 0.5) is 0 Å². The van der Waals surface area contributed by atoms with Crippen molar-refractivity contribution < 1.29 is 0 Å². The van der Waals surface area contributed by atoms with E-state index in [1.807, 2.05) is 25.1 Å². The van der Waals surface area contributed by atoms with Crippen molar-refractivity contribution in [3.05, 3.63) is 48.0 Å². The Morgan fingerprint density at radius 2 is 2.26 bits per heavy atom. The van der Waals surface area contributed by atoms with Crippen LogP contribution in [0.2, 0.25) is 0 Å². The molecule has 1 rings (SSSR count). The van der Waals surface area contributed by atoms with Crippen LogP contribution in [0.5, 0.6) is 0 Å². The number of nitrogens with zero attached hydrogens (tertiary/aromatic N) is 2. The van der Waals surface area contributed by atoms with Gasteiger partial charge in [-0.2, -0.15) is 5.26 Å². The molecule has 0 aromatic heterocycles. The number of rotatable bonds is 5. The van der Waals surface area contributed by atoms with Crippen molar-refractivity contribution in [2.45, 2.75) is 13.5 Å². The second-order valence-electron chi connectivity index (χ2n) is 3.68. The van der Waals surface area contributed by atoms with Gasteiger partial charge in [0.2, 0.25) is 0 Å². The smallest absolute Gasteiger partial charge is 0.191 e. The molecule has 5 heteroatoms. The van der Waals surface area contributed by atoms with Crippen LogP contribution < -0.4 is 10.6 Å². The molecule has 1 aromatic carbocycles. The van der Waals surface area contributed by atoms with Crippen LogP contribution in [-0.2, 0) is 6.54 Å². The summed E-state index contributed by atoms with van der Waals surface area (Å²) in [6.07, 6.45) is 1.78. The second-order valence-corrected chi connectivity index (χ2v) is 3.68. The van der Waals surface area contributed by atoms with Crippen molar-refractivity contribution in [1.29, 1.82) is 5.26 Å². The summed E-state index contributed by atoms with van der Waals surface area (Å²) in [6, 6.07) is 9.58. The summed E-state index contributed by atoms with van der Waals surface area (Å²) in [4.78, 5) is 4.43. The van der Waals surface area contributed by atoms with Gasteiger partial charge >= 0.3 is 0 Å². The minimum atomic E-state index is 0. The Morgan fingerprint density at radius 3 is 2.89 bits per heavy atom. The summed E-state index contributed by atoms with van der Waals surface area (Å²) in [6.45, 7) is 7.69. The zero-order valence-corrected chi connectivity index (χ0v) is 13.3. The third-order valence-electron chi connectivity index (χ3n) is 2.23. The van der Waals surface area contributed by atoms with Crippen molar-refractivity contribution in [3.63, 3.8) is 0 Å². The fraction of sp³-hybridized carbons (Fsp3) is 0.286. The van der Waals surface area contributed by atoms with Crippen LogP contribution in [0.25, 0.3) is 0 Å². The van der Waals surface area contributed by atoms with Crippen molar-refractivity contribution in [3.8, 4) is 6.07 Å². The van der Waals surface area contributed by atoms with E-state index in [2.05, 4.69) is 28.3 Å². The molecule has 0 aliphatic carbocycles. The highest BCUT2D eigenvalue weighted by Crippen LogP contribution is 2.05. The molecule has 2 N–H and O–H groups in total. The summed E-state index contributed by atoms with van der Waals surface area (Å²) in [5.41, 5.74) is 1.68. The average molecular weight is 370 g/mol. The molecule has 0 bridgehead atoms. The van der Waals surface area contributed by atoms with Crippen molar-refractivity contribution >= 4 is 29.9 Å². The standard InChI is InChI=1S/C14H18N4.HI/c1-3-8-17-14(16-4-2)18-11-13-7-5-6-12(9-13)10-15;/h3,5-7,9H,1,4,8,11H2,2H3,(H2,16,17,18);1H. The van der Waals surface area contributed by atoms with Crippen LogP contribution in [0.3, 0.4) is 0 Å². The minimum absolute atomic E-state index is 0. The highest BCUT2D eigenvalue weighted by Gasteiger charge is 1.97. The van der Waals surface area contributed by atoms with E-state index in [0.29, 0.717) is 18.7 Å². The number of benzene rings is 1. The molecule has 0 aliphatic heterocycles. The molecule has 0 aliphatic rings. The van der Waals surface area contributed by atoms with Crippen molar-refractivity contribution in [2.75, 3.05) is 13.1 Å². The van der Waals surface area contributed by atoms with E-state index < -0.39 is 0 Å². The SMILES string of the molecule is C=CCNC(=NCc1cccc(C#N)c1)NCC.I. The van der Waals surface area contributed by atoms with E-state index in [0.717, 1.165) is 18.1 Å². The number of hydrogen-bond donors (Lipinski definition) is 2. The van der Waals surface area contributed by atoms with E-state index in [9.17, 15) is 0 Å². The Kier molecular flexibility index (Phi) is 9.53. The fourth-order valence-corrected chi connectivity index (χ4v) is 1.42. The summed E-state index contributed by atoms with van der Waals surface area (Å²) in [5.74, 6) is 0.750. The molecular weight excluding hydrogens is 351 g/mol. The van der Waals surface area contributed by atoms with Gasteiger partial charge in [0, 0.05) is 13.1 Å². The highest BCUT2D eigenvalue weighted by atomic mass is 127. The highest BCUT2D eigenvalue weighted by molar-refractivity contribution is 14.0. The molecule has 1 aromatic rings. The van der Waals surface area contributed by atoms with Crippen molar-refractivity contribution in [1.82, 2.24) is 10.6 Å². The van der Waals surface area contributed by atoms with E-state index >= 15 is 0 Å². The lowest BCUT2D eigenvalue weighted by Crippen LogP contribution is -2.37. The van der Waals surface area contributed by atoms with E-state index in [-0.39, 0.29) is 24.0 Å². The zero-order valence-electron chi connectivity index (χ0n) is 11.0. The number of hydrogen-bond acceptors (Lipinski definition) is 2. The number of guanidine groups is 1. The van der Waals surface area contributed by atoms with Gasteiger partial charge in [0.1, 0.15) is 0 Å². The maximum absolute atomic E-state index is 8.82. The van der Waals surface area contributed by atoms with Crippen LogP contribution in [0.15, 0.2) is 41.9 Å². The van der Waals surface area contributed by atoms with Crippen LogP contribution in [-0.4, -0.2) is 19.0 Å². The maximum atomic E-state index is 8.82. The van der Waals surface area contributed by atoms with E-state index in [4.69, 9.17) is 5.26 Å². The Balaban J connectivity index is 0.00000324. The lowest BCUT2D eigenvalue weighted by Gasteiger charge is -2.09. The Labute approximate surface area is 131 Å². The topological polar surface area (TPSA) is 60.2 Å². The van der Waals surface area contributed by atoms with Gasteiger partial charge in [-0.1, -0.05) is 18.2 Å². The van der Waals surface area contributed by atoms with Crippen LogP contribution in [0, 0.1) is 11.3 Å². The predicted molar refractivity (Wildman–Crippen MR) is 89.6 cm³/mol. The Hall–Kier alpha value is -1.55. The Morgan fingerprint density at radius 1 is 1.47 bits per heavy atom. The second kappa shape index (κ2) is 10.4. The Bertz CT molecular complexity index is 463. The van der Waals surface area contributed by atoms with Gasteiger partial charge in [-0.05, 0) is 24.6 Å². The first-order chi connectivity index (χ1) is 8.80. The molecule has 102 valence electrons. The molecule has 0 saturated carbocycles. The molecule has 4 nitrogen and oxygen atoms in total. The largest absolute Gasteiger partial charge is 0.357 e. The molecule has 0 radical (unpaired) electrons. The summed E-state index contributed by atoms with van der Waals surface area (Å²) < 4.78 is 0. The van der Waals surface area contributed by atoms with Gasteiger partial charge in [-0.15, -0.1) is 30.6 Å². The van der Waals surface area contributed by atoms with Gasteiger partial charge in [0.25, 0.3) is 0 Å². The number of halogens is 1. The molecule has 0 heterocycles. The first-order valence-electron chi connectivity index (χ1n) is 5.92. The van der Waals surface area contributed by atoms with Gasteiger partial charge < -0.3 is 10.6 Å². The predicted octanol–water partition coefficient (Wildman–Crippen LogP) is 2.42. The van der Waals surface area contributed by atoms with Gasteiger partial charge in [-0.25, -0.2) is 4.99 Å². The maximum Gasteiger partial charge on any atom is 0.191 e. The lowest BCUT2D eigenvalue weighted by molar-refractivity contribution is 0.860. The molecule has 0 atom stereocenters. The lowest BCUT2D eigenvalue weighted by atomic mass is 10.1. The van der Waals surface area contributed by atoms with Gasteiger partial charge in [-0.3, -0.25) is 0 Å². The van der Waals surface area contributed by atoms with Gasteiger partial charge in [0.05, 0.1) is 18.2 Å². The molecular formula is C14H19IN4. The number of aliphatic imine (C=N–C) groups is 1. The van der Waals surface area contributed by atoms with Crippen molar-refractivity contribution in [2.24, 2.45) is 4.99 Å². The molecule has 0 amide bonds. The third-order valence-corrected chi connectivity index (χ3v) is 2.23. The molecule has 0 unspecified atom stereocenters. The summed E-state index contributed by atoms with van der Waals surface area (Å²) in [7, 11) is 0. The quantitative estimate of drug-likeness (QED) is 0.362. The number of nitrogens with one attached hydrogen (secondary N) is 2. The zero-order chi connectivity index (χ0) is 13.2. The fourth-order valence-electron chi connectivity index (χ4n) is 1.42. The summed E-state index contributed by atoms with van der Waals surface area (Å²) in [5, 5.41) is 15.1. The third kappa shape index (κ3) is 6.82. The first-order valence-corrected chi connectivity index (χ1v) is 5.92. The average Bonchev–Trinajstić information content (AvgIpc) is 2.42. The first kappa shape index (κ1) is 17.4. The van der Waals surface area contributed by atoms with Gasteiger partial charge in [0.15, 0.2) is 5.96 Å². The van der Waals surface area contributed by atoms with Crippen LogP contribution in [0.1, 0.15) is 18.1 Å². The van der Waals surface area contributed by atoms with Crippen LogP contribution >= 0.6 is 24.0 Å². The molecule has 19 heavy (non-hydrogen) atoms. The van der Waals surface area contributed by atoms with E-state index in [1.54, 1.807) is 12.1 Å². The minimum Gasteiger partial charge on any atom is -0.357 e. The monoisotopic (exact) mass is 370 g/mol. The molecule has 0 spiro atoms. The number of nitriles is 1. The van der Waals surface area contributed by atoms with E-state index in [1.165, 1.54) is 0 Å².